The Morgan fingerprint density at radius 1 is 1.23 bits per heavy atom. The summed E-state index contributed by atoms with van der Waals surface area (Å²) < 4.78 is 0. The van der Waals surface area contributed by atoms with Crippen LogP contribution in [-0.4, -0.2) is 10.7 Å². The normalized spacial score (nSPS) is 18.7. The molecule has 0 bridgehead atoms. The van der Waals surface area contributed by atoms with Crippen LogP contribution in [0.3, 0.4) is 0 Å². The lowest BCUT2D eigenvalue weighted by Gasteiger charge is -2.09. The van der Waals surface area contributed by atoms with Gasteiger partial charge in [0.25, 0.3) is 0 Å². The third-order valence-corrected chi connectivity index (χ3v) is 2.93. The van der Waals surface area contributed by atoms with E-state index in [0.717, 1.165) is 19.3 Å². The van der Waals surface area contributed by atoms with Crippen molar-refractivity contribution >= 4 is 0 Å². The van der Waals surface area contributed by atoms with E-state index in [0.29, 0.717) is 0 Å². The molecule has 1 N–H and O–H groups in total. The molecule has 1 saturated carbocycles. The van der Waals surface area contributed by atoms with Crippen molar-refractivity contribution in [1.29, 1.82) is 0 Å². The first-order chi connectivity index (χ1) is 6.09. The molecule has 70 valence electrons. The number of hydrogen-bond donors (Lipinski definition) is 1. The molecule has 0 unspecified atom stereocenters. The second-order valence-corrected chi connectivity index (χ2v) is 4.32. The second kappa shape index (κ2) is 2.85. The molecule has 0 aliphatic heterocycles. The van der Waals surface area contributed by atoms with E-state index in [1.807, 2.05) is 0 Å². The minimum absolute atomic E-state index is 0.359. The van der Waals surface area contributed by atoms with Gasteiger partial charge in [0.05, 0.1) is 5.60 Å². The maximum Gasteiger partial charge on any atom is 0.0690 e. The van der Waals surface area contributed by atoms with Gasteiger partial charge in [0.15, 0.2) is 0 Å². The van der Waals surface area contributed by atoms with Crippen LogP contribution in [0.5, 0.6) is 0 Å². The summed E-state index contributed by atoms with van der Waals surface area (Å²) in [6, 6.07) is 6.45. The number of aliphatic hydroxyl groups is 1. The van der Waals surface area contributed by atoms with E-state index in [-0.39, 0.29) is 5.60 Å². The van der Waals surface area contributed by atoms with E-state index in [1.54, 1.807) is 0 Å². The van der Waals surface area contributed by atoms with Crippen LogP contribution in [0.4, 0.5) is 0 Å². The Bertz CT molecular complexity index is 324. The Labute approximate surface area is 79.4 Å². The van der Waals surface area contributed by atoms with E-state index in [1.165, 1.54) is 16.7 Å². The zero-order valence-corrected chi connectivity index (χ0v) is 8.30. The van der Waals surface area contributed by atoms with E-state index < -0.39 is 0 Å². The molecule has 1 aromatic carbocycles. The number of hydrogen-bond acceptors (Lipinski definition) is 1. The fourth-order valence-electron chi connectivity index (χ4n) is 1.61. The van der Waals surface area contributed by atoms with Gasteiger partial charge in [-0.1, -0.05) is 18.2 Å². The van der Waals surface area contributed by atoms with Gasteiger partial charge in [0.1, 0.15) is 0 Å². The van der Waals surface area contributed by atoms with Crippen LogP contribution in [0.1, 0.15) is 29.5 Å². The SMILES string of the molecule is Cc1ccc(CC2(O)CC2)cc1C. The second-order valence-electron chi connectivity index (χ2n) is 4.32. The highest BCUT2D eigenvalue weighted by Crippen LogP contribution is 2.38. The first-order valence-corrected chi connectivity index (χ1v) is 4.88. The van der Waals surface area contributed by atoms with Crippen LogP contribution in [0, 0.1) is 13.8 Å². The summed E-state index contributed by atoms with van der Waals surface area (Å²) in [6.07, 6.45) is 2.77. The molecule has 1 aromatic rings. The van der Waals surface area contributed by atoms with Crippen molar-refractivity contribution in [2.24, 2.45) is 0 Å². The lowest BCUT2D eigenvalue weighted by Crippen LogP contribution is -2.10. The average molecular weight is 176 g/mol. The van der Waals surface area contributed by atoms with Gasteiger partial charge in [-0.2, -0.15) is 0 Å². The van der Waals surface area contributed by atoms with Crippen LogP contribution in [-0.2, 0) is 6.42 Å². The standard InChI is InChI=1S/C12H16O/c1-9-3-4-11(7-10(9)2)8-12(13)5-6-12/h3-4,7,13H,5-6,8H2,1-2H3. The topological polar surface area (TPSA) is 20.2 Å². The fraction of sp³-hybridized carbons (Fsp3) is 0.500. The monoisotopic (exact) mass is 176 g/mol. The molecule has 13 heavy (non-hydrogen) atoms. The minimum Gasteiger partial charge on any atom is -0.390 e. The molecule has 1 aliphatic rings. The molecule has 0 aromatic heterocycles. The largest absolute Gasteiger partial charge is 0.390 e. The fourth-order valence-corrected chi connectivity index (χ4v) is 1.61. The Hall–Kier alpha value is -0.820. The molecule has 1 fully saturated rings. The summed E-state index contributed by atoms with van der Waals surface area (Å²) in [6.45, 7) is 4.24. The van der Waals surface area contributed by atoms with Gasteiger partial charge in [-0.15, -0.1) is 0 Å². The molecule has 0 atom stereocenters. The van der Waals surface area contributed by atoms with Crippen molar-refractivity contribution < 1.29 is 5.11 Å². The highest BCUT2D eigenvalue weighted by molar-refractivity contribution is 5.31. The Morgan fingerprint density at radius 2 is 1.92 bits per heavy atom. The van der Waals surface area contributed by atoms with Gasteiger partial charge in [0, 0.05) is 6.42 Å². The summed E-state index contributed by atoms with van der Waals surface area (Å²) in [5, 5.41) is 9.74. The molecule has 1 aliphatic carbocycles. The van der Waals surface area contributed by atoms with Crippen LogP contribution >= 0.6 is 0 Å². The first kappa shape index (κ1) is 8.76. The van der Waals surface area contributed by atoms with E-state index in [2.05, 4.69) is 32.0 Å². The minimum atomic E-state index is -0.359. The molecular formula is C12H16O. The summed E-state index contributed by atoms with van der Waals surface area (Å²) in [5.41, 5.74) is 3.55. The third kappa shape index (κ3) is 1.92. The quantitative estimate of drug-likeness (QED) is 0.733. The van der Waals surface area contributed by atoms with E-state index >= 15 is 0 Å². The molecule has 0 amide bonds. The smallest absolute Gasteiger partial charge is 0.0690 e. The van der Waals surface area contributed by atoms with Gasteiger partial charge in [-0.3, -0.25) is 0 Å². The van der Waals surface area contributed by atoms with Crippen molar-refractivity contribution in [3.05, 3.63) is 34.9 Å². The lowest BCUT2D eigenvalue weighted by molar-refractivity contribution is 0.151. The summed E-state index contributed by atoms with van der Waals surface area (Å²) >= 11 is 0. The Kier molecular flexibility index (Phi) is 1.92. The molecule has 2 rings (SSSR count). The van der Waals surface area contributed by atoms with Crippen LogP contribution in [0.15, 0.2) is 18.2 Å². The highest BCUT2D eigenvalue weighted by atomic mass is 16.3. The maximum atomic E-state index is 9.74. The average Bonchev–Trinajstić information content (AvgIpc) is 2.76. The summed E-state index contributed by atoms with van der Waals surface area (Å²) in [4.78, 5) is 0. The molecule has 0 radical (unpaired) electrons. The summed E-state index contributed by atoms with van der Waals surface area (Å²) in [5.74, 6) is 0. The zero-order valence-electron chi connectivity index (χ0n) is 8.30. The van der Waals surface area contributed by atoms with Crippen LogP contribution in [0.2, 0.25) is 0 Å². The van der Waals surface area contributed by atoms with Crippen LogP contribution in [0.25, 0.3) is 0 Å². The Morgan fingerprint density at radius 3 is 2.46 bits per heavy atom. The molecule has 1 nitrogen and oxygen atoms in total. The lowest BCUT2D eigenvalue weighted by atomic mass is 10.0. The van der Waals surface area contributed by atoms with Crippen molar-refractivity contribution in [1.82, 2.24) is 0 Å². The number of aryl methyl sites for hydroxylation is 2. The Balaban J connectivity index is 2.17. The number of rotatable bonds is 2. The van der Waals surface area contributed by atoms with Gasteiger partial charge in [0.2, 0.25) is 0 Å². The first-order valence-electron chi connectivity index (χ1n) is 4.88. The van der Waals surface area contributed by atoms with Gasteiger partial charge < -0.3 is 5.11 Å². The molecule has 0 spiro atoms. The van der Waals surface area contributed by atoms with Crippen molar-refractivity contribution in [2.45, 2.75) is 38.7 Å². The molecule has 1 heteroatoms. The van der Waals surface area contributed by atoms with Gasteiger partial charge in [-0.05, 0) is 43.4 Å². The van der Waals surface area contributed by atoms with Crippen molar-refractivity contribution in [3.8, 4) is 0 Å². The van der Waals surface area contributed by atoms with Gasteiger partial charge >= 0.3 is 0 Å². The predicted octanol–water partition coefficient (Wildman–Crippen LogP) is 2.37. The van der Waals surface area contributed by atoms with E-state index in [4.69, 9.17) is 0 Å². The summed E-state index contributed by atoms with van der Waals surface area (Å²) in [7, 11) is 0. The highest BCUT2D eigenvalue weighted by Gasteiger charge is 2.39. The van der Waals surface area contributed by atoms with Gasteiger partial charge in [-0.25, -0.2) is 0 Å². The predicted molar refractivity (Wildman–Crippen MR) is 53.8 cm³/mol. The van der Waals surface area contributed by atoms with Crippen molar-refractivity contribution in [2.75, 3.05) is 0 Å². The maximum absolute atomic E-state index is 9.74. The third-order valence-electron chi connectivity index (χ3n) is 2.93. The molecule has 0 saturated heterocycles. The van der Waals surface area contributed by atoms with E-state index in [9.17, 15) is 5.11 Å². The van der Waals surface area contributed by atoms with Crippen molar-refractivity contribution in [3.63, 3.8) is 0 Å². The van der Waals surface area contributed by atoms with Crippen LogP contribution < -0.4 is 0 Å². The molecular weight excluding hydrogens is 160 g/mol. The number of benzene rings is 1. The molecule has 0 heterocycles. The zero-order chi connectivity index (χ0) is 9.47.